The zero-order valence-electron chi connectivity index (χ0n) is 17.7. The summed E-state index contributed by atoms with van der Waals surface area (Å²) in [6.07, 6.45) is 4.39. The number of hydrogen-bond donors (Lipinski definition) is 1. The predicted molar refractivity (Wildman–Crippen MR) is 126 cm³/mol. The van der Waals surface area contributed by atoms with Crippen molar-refractivity contribution in [1.29, 1.82) is 0 Å². The first-order chi connectivity index (χ1) is 16.0. The zero-order chi connectivity index (χ0) is 23.4. The minimum Gasteiger partial charge on any atom is -0.497 e. The van der Waals surface area contributed by atoms with Gasteiger partial charge in [0.1, 0.15) is 12.3 Å². The second-order valence-electron chi connectivity index (χ2n) is 7.32. The molecule has 7 nitrogen and oxygen atoms in total. The van der Waals surface area contributed by atoms with Gasteiger partial charge in [0, 0.05) is 35.7 Å². The van der Waals surface area contributed by atoms with Crippen LogP contribution in [0.3, 0.4) is 0 Å². The molecule has 4 rings (SSSR count). The Balaban J connectivity index is 1.71. The Kier molecular flexibility index (Phi) is 6.51. The van der Waals surface area contributed by atoms with Crippen LogP contribution in [0.1, 0.15) is 21.5 Å². The van der Waals surface area contributed by atoms with Crippen molar-refractivity contribution in [2.24, 2.45) is 0 Å². The van der Waals surface area contributed by atoms with Gasteiger partial charge in [-0.15, -0.1) is 0 Å². The number of methoxy groups -OCH3 is 1. The summed E-state index contributed by atoms with van der Waals surface area (Å²) in [5, 5.41) is 3.67. The lowest BCUT2D eigenvalue weighted by atomic mass is 10.0. The van der Waals surface area contributed by atoms with Crippen LogP contribution in [0.5, 0.6) is 5.75 Å². The molecule has 33 heavy (non-hydrogen) atoms. The number of halogens is 1. The summed E-state index contributed by atoms with van der Waals surface area (Å²) in [5.74, 6) is -0.266. The van der Waals surface area contributed by atoms with Gasteiger partial charge in [-0.05, 0) is 42.0 Å². The normalized spacial score (nSPS) is 10.7. The maximum atomic E-state index is 13.2. The molecule has 1 amide bonds. The number of ether oxygens (including phenoxy) is 1. The van der Waals surface area contributed by atoms with Gasteiger partial charge in [0.15, 0.2) is 5.78 Å². The highest BCUT2D eigenvalue weighted by Crippen LogP contribution is 2.20. The first-order valence-corrected chi connectivity index (χ1v) is 10.5. The number of pyridine rings is 2. The molecular weight excluding hydrogens is 442 g/mol. The lowest BCUT2D eigenvalue weighted by Gasteiger charge is -2.14. The quantitative estimate of drug-likeness (QED) is 0.425. The van der Waals surface area contributed by atoms with E-state index in [1.165, 1.54) is 37.8 Å². The zero-order valence-corrected chi connectivity index (χ0v) is 18.5. The van der Waals surface area contributed by atoms with Crippen LogP contribution >= 0.6 is 11.6 Å². The molecule has 1 N–H and O–H groups in total. The highest BCUT2D eigenvalue weighted by molar-refractivity contribution is 6.31. The summed E-state index contributed by atoms with van der Waals surface area (Å²) in [6.45, 7) is 0.164. The van der Waals surface area contributed by atoms with Gasteiger partial charge < -0.3 is 14.6 Å². The van der Waals surface area contributed by atoms with Crippen molar-refractivity contribution in [3.8, 4) is 5.75 Å². The molecule has 2 aromatic heterocycles. The van der Waals surface area contributed by atoms with E-state index >= 15 is 0 Å². The summed E-state index contributed by atoms with van der Waals surface area (Å²) in [4.78, 5) is 42.9. The van der Waals surface area contributed by atoms with Gasteiger partial charge in [0.2, 0.25) is 11.3 Å². The standard InChI is InChI=1S/C25H20ClN3O4/c1-33-18-6-7-22-19(12-18)25(32)20(24(31)16-8-10-27-11-9-16)14-29(22)15-23(30)28-13-17-4-2-3-5-21(17)26/h2-12,14H,13,15H2,1H3,(H,28,30). The minimum absolute atomic E-state index is 0.0409. The van der Waals surface area contributed by atoms with E-state index in [1.807, 2.05) is 18.2 Å². The Morgan fingerprint density at radius 2 is 1.85 bits per heavy atom. The summed E-state index contributed by atoms with van der Waals surface area (Å²) in [7, 11) is 1.49. The Hall–Kier alpha value is -3.97. The molecule has 0 fully saturated rings. The predicted octanol–water partition coefficient (Wildman–Crippen LogP) is 3.61. The molecule has 0 aliphatic rings. The van der Waals surface area contributed by atoms with Crippen molar-refractivity contribution < 1.29 is 14.3 Å². The largest absolute Gasteiger partial charge is 0.497 e. The topological polar surface area (TPSA) is 90.3 Å². The number of aromatic nitrogens is 2. The number of nitrogens with one attached hydrogen (secondary N) is 1. The van der Waals surface area contributed by atoms with Gasteiger partial charge in [-0.2, -0.15) is 0 Å². The molecule has 4 aromatic rings. The van der Waals surface area contributed by atoms with Gasteiger partial charge in [0.25, 0.3) is 0 Å². The molecule has 166 valence electrons. The molecule has 0 radical (unpaired) electrons. The number of hydrogen-bond acceptors (Lipinski definition) is 5. The van der Waals surface area contributed by atoms with Crippen LogP contribution in [-0.4, -0.2) is 28.4 Å². The maximum Gasteiger partial charge on any atom is 0.240 e. The van der Waals surface area contributed by atoms with E-state index in [0.29, 0.717) is 21.9 Å². The van der Waals surface area contributed by atoms with Gasteiger partial charge in [-0.1, -0.05) is 29.8 Å². The third-order valence-corrected chi connectivity index (χ3v) is 5.59. The van der Waals surface area contributed by atoms with E-state index in [0.717, 1.165) is 5.56 Å². The molecule has 8 heteroatoms. The van der Waals surface area contributed by atoms with Crippen molar-refractivity contribution in [3.63, 3.8) is 0 Å². The van der Waals surface area contributed by atoms with Gasteiger partial charge in [-0.25, -0.2) is 0 Å². The van der Waals surface area contributed by atoms with Crippen LogP contribution in [0.2, 0.25) is 5.02 Å². The third-order valence-electron chi connectivity index (χ3n) is 5.22. The molecule has 0 bridgehead atoms. The second-order valence-corrected chi connectivity index (χ2v) is 7.72. The summed E-state index contributed by atoms with van der Waals surface area (Å²) >= 11 is 6.16. The number of nitrogens with zero attached hydrogens (tertiary/aromatic N) is 2. The smallest absolute Gasteiger partial charge is 0.240 e. The molecule has 0 saturated heterocycles. The fourth-order valence-corrected chi connectivity index (χ4v) is 3.70. The van der Waals surface area contributed by atoms with Crippen LogP contribution in [0.25, 0.3) is 10.9 Å². The average Bonchev–Trinajstić information content (AvgIpc) is 2.85. The Morgan fingerprint density at radius 1 is 1.09 bits per heavy atom. The highest BCUT2D eigenvalue weighted by Gasteiger charge is 2.19. The highest BCUT2D eigenvalue weighted by atomic mass is 35.5. The van der Waals surface area contributed by atoms with Gasteiger partial charge in [-0.3, -0.25) is 19.4 Å². The monoisotopic (exact) mass is 461 g/mol. The van der Waals surface area contributed by atoms with Crippen LogP contribution in [-0.2, 0) is 17.9 Å². The minimum atomic E-state index is -0.447. The number of amides is 1. The van der Waals surface area contributed by atoms with Crippen LogP contribution < -0.4 is 15.5 Å². The van der Waals surface area contributed by atoms with Gasteiger partial charge >= 0.3 is 0 Å². The summed E-state index contributed by atoms with van der Waals surface area (Å²) in [5.41, 5.74) is 1.16. The number of fused-ring (bicyclic) bond motifs is 1. The van der Waals surface area contributed by atoms with E-state index in [1.54, 1.807) is 28.8 Å². The van der Waals surface area contributed by atoms with E-state index in [9.17, 15) is 14.4 Å². The molecule has 0 aliphatic carbocycles. The molecular formula is C25H20ClN3O4. The van der Waals surface area contributed by atoms with E-state index in [4.69, 9.17) is 16.3 Å². The van der Waals surface area contributed by atoms with Crippen LogP contribution in [0, 0.1) is 0 Å². The lowest BCUT2D eigenvalue weighted by molar-refractivity contribution is -0.121. The summed E-state index contributed by atoms with van der Waals surface area (Å²) in [6, 6.07) is 15.3. The lowest BCUT2D eigenvalue weighted by Crippen LogP contribution is -2.29. The number of carbonyl (C=O) groups is 2. The first-order valence-electron chi connectivity index (χ1n) is 10.1. The molecule has 2 aromatic carbocycles. The fourth-order valence-electron chi connectivity index (χ4n) is 3.50. The first kappa shape index (κ1) is 22.2. The summed E-state index contributed by atoms with van der Waals surface area (Å²) < 4.78 is 6.84. The van der Waals surface area contributed by atoms with E-state index in [2.05, 4.69) is 10.3 Å². The van der Waals surface area contributed by atoms with Crippen molar-refractivity contribution in [1.82, 2.24) is 14.9 Å². The number of benzene rings is 2. The number of carbonyl (C=O) groups excluding carboxylic acids is 2. The van der Waals surface area contributed by atoms with Crippen molar-refractivity contribution >= 4 is 34.2 Å². The molecule has 0 saturated carbocycles. The number of ketones is 1. The average molecular weight is 462 g/mol. The Morgan fingerprint density at radius 3 is 2.58 bits per heavy atom. The van der Waals surface area contributed by atoms with Crippen LogP contribution in [0.4, 0.5) is 0 Å². The number of rotatable bonds is 7. The van der Waals surface area contributed by atoms with Crippen LogP contribution in [0.15, 0.2) is 78.0 Å². The maximum absolute atomic E-state index is 13.2. The molecule has 0 aliphatic heterocycles. The van der Waals surface area contributed by atoms with Crippen molar-refractivity contribution in [2.75, 3.05) is 7.11 Å². The molecule has 0 unspecified atom stereocenters. The molecule has 2 heterocycles. The van der Waals surface area contributed by atoms with Crippen molar-refractivity contribution in [2.45, 2.75) is 13.1 Å². The Labute approximate surface area is 194 Å². The van der Waals surface area contributed by atoms with E-state index < -0.39 is 11.2 Å². The Bertz CT molecular complexity index is 1400. The van der Waals surface area contributed by atoms with Crippen molar-refractivity contribution in [3.05, 3.63) is 105 Å². The molecule has 0 spiro atoms. The SMILES string of the molecule is COc1ccc2c(c1)c(=O)c(C(=O)c1ccncc1)cn2CC(=O)NCc1ccccc1Cl. The fraction of sp³-hybridized carbons (Fsp3) is 0.120. The molecule has 0 atom stereocenters. The second kappa shape index (κ2) is 9.67. The third kappa shape index (κ3) is 4.78. The van der Waals surface area contributed by atoms with E-state index in [-0.39, 0.29) is 29.9 Å². The van der Waals surface area contributed by atoms with Gasteiger partial charge in [0.05, 0.1) is 23.6 Å².